The Morgan fingerprint density at radius 1 is 1.25 bits per heavy atom. The van der Waals surface area contributed by atoms with E-state index in [-0.39, 0.29) is 24.5 Å². The van der Waals surface area contributed by atoms with E-state index < -0.39 is 0 Å². The predicted molar refractivity (Wildman–Crippen MR) is 130 cm³/mol. The SMILES string of the molecule is C=CN(Cc1c(C)ccc(N(C)C)c1OCC(=O)N(CCC)CCC)C1CCCNC1=O. The summed E-state index contributed by atoms with van der Waals surface area (Å²) in [5.41, 5.74) is 2.94. The maximum atomic E-state index is 12.9. The van der Waals surface area contributed by atoms with Crippen LogP contribution in [-0.4, -0.2) is 68.0 Å². The fourth-order valence-corrected chi connectivity index (χ4v) is 4.11. The predicted octanol–water partition coefficient (Wildman–Crippen LogP) is 3.31. The Bertz CT molecular complexity index is 788. The second-order valence-corrected chi connectivity index (χ2v) is 8.58. The Morgan fingerprint density at radius 3 is 2.50 bits per heavy atom. The molecular weight excluding hydrogens is 404 g/mol. The molecule has 2 amide bonds. The first-order valence-electron chi connectivity index (χ1n) is 11.7. The number of hydrogen-bond acceptors (Lipinski definition) is 5. The normalized spacial score (nSPS) is 15.7. The van der Waals surface area contributed by atoms with Crippen molar-refractivity contribution in [3.8, 4) is 5.75 Å². The molecule has 178 valence electrons. The first-order chi connectivity index (χ1) is 15.3. The maximum Gasteiger partial charge on any atom is 0.260 e. The zero-order chi connectivity index (χ0) is 23.7. The number of piperidine rings is 1. The highest BCUT2D eigenvalue weighted by Gasteiger charge is 2.28. The smallest absolute Gasteiger partial charge is 0.260 e. The van der Waals surface area contributed by atoms with Crippen molar-refractivity contribution >= 4 is 17.5 Å². The Morgan fingerprint density at radius 2 is 1.94 bits per heavy atom. The van der Waals surface area contributed by atoms with Gasteiger partial charge in [-0.05, 0) is 50.4 Å². The van der Waals surface area contributed by atoms with Crippen LogP contribution in [0.1, 0.15) is 50.7 Å². The molecular formula is C25H40N4O3. The molecule has 32 heavy (non-hydrogen) atoms. The highest BCUT2D eigenvalue weighted by molar-refractivity contribution is 5.82. The summed E-state index contributed by atoms with van der Waals surface area (Å²) in [5, 5.41) is 2.95. The van der Waals surface area contributed by atoms with Gasteiger partial charge in [-0.1, -0.05) is 26.5 Å². The fourth-order valence-electron chi connectivity index (χ4n) is 4.11. The van der Waals surface area contributed by atoms with Gasteiger partial charge in [-0.2, -0.15) is 0 Å². The second kappa shape index (κ2) is 12.4. The average molecular weight is 445 g/mol. The number of ether oxygens (including phenoxy) is 1. The van der Waals surface area contributed by atoms with Crippen LogP contribution in [0.5, 0.6) is 5.75 Å². The van der Waals surface area contributed by atoms with Crippen molar-refractivity contribution in [2.45, 2.75) is 59.0 Å². The van der Waals surface area contributed by atoms with Crippen molar-refractivity contribution < 1.29 is 14.3 Å². The van der Waals surface area contributed by atoms with Gasteiger partial charge in [-0.3, -0.25) is 9.59 Å². The van der Waals surface area contributed by atoms with Crippen molar-refractivity contribution in [3.05, 3.63) is 36.0 Å². The molecule has 1 aromatic carbocycles. The summed E-state index contributed by atoms with van der Waals surface area (Å²) in [5.74, 6) is 0.724. The molecule has 1 fully saturated rings. The van der Waals surface area contributed by atoms with Gasteiger partial charge in [-0.15, -0.1) is 0 Å². The average Bonchev–Trinajstić information content (AvgIpc) is 2.77. The number of nitrogens with zero attached hydrogens (tertiary/aromatic N) is 3. The lowest BCUT2D eigenvalue weighted by Gasteiger charge is -2.34. The highest BCUT2D eigenvalue weighted by Crippen LogP contribution is 2.35. The van der Waals surface area contributed by atoms with E-state index in [1.807, 2.05) is 41.8 Å². The molecule has 0 spiro atoms. The number of carbonyl (C=O) groups is 2. The summed E-state index contributed by atoms with van der Waals surface area (Å²) in [6.07, 6.45) is 5.31. The molecule has 0 aromatic heterocycles. The maximum absolute atomic E-state index is 12.9. The molecule has 2 rings (SSSR count). The molecule has 1 heterocycles. The topological polar surface area (TPSA) is 65.1 Å². The molecule has 1 N–H and O–H groups in total. The number of hydrogen-bond donors (Lipinski definition) is 1. The van der Waals surface area contributed by atoms with Gasteiger partial charge in [0.2, 0.25) is 5.91 Å². The van der Waals surface area contributed by atoms with Crippen molar-refractivity contribution in [1.29, 1.82) is 0 Å². The Hall–Kier alpha value is -2.70. The van der Waals surface area contributed by atoms with Gasteiger partial charge in [0.25, 0.3) is 5.91 Å². The van der Waals surface area contributed by atoms with Gasteiger partial charge in [0.1, 0.15) is 11.8 Å². The molecule has 1 aromatic rings. The molecule has 0 aliphatic carbocycles. The lowest BCUT2D eigenvalue weighted by atomic mass is 10.0. The van der Waals surface area contributed by atoms with E-state index in [0.29, 0.717) is 12.3 Å². The number of nitrogens with one attached hydrogen (secondary N) is 1. The summed E-state index contributed by atoms with van der Waals surface area (Å²) >= 11 is 0. The molecule has 0 saturated carbocycles. The van der Waals surface area contributed by atoms with E-state index in [2.05, 4.69) is 31.8 Å². The standard InChI is InChI=1S/C25H40N4O3/c1-7-15-29(16-8-2)23(30)18-32-24-20(19(4)12-13-21(24)27(5)6)17-28(9-3)22-11-10-14-26-25(22)31/h9,12-13,22H,3,7-8,10-11,14-18H2,1-2,4-6H3,(H,26,31). The zero-order valence-electron chi connectivity index (χ0n) is 20.4. The van der Waals surface area contributed by atoms with E-state index in [4.69, 9.17) is 4.74 Å². The number of benzene rings is 1. The number of carbonyl (C=O) groups excluding carboxylic acids is 2. The van der Waals surface area contributed by atoms with Crippen molar-refractivity contribution in [2.24, 2.45) is 0 Å². The molecule has 1 unspecified atom stereocenters. The molecule has 7 nitrogen and oxygen atoms in total. The van der Waals surface area contributed by atoms with Crippen LogP contribution in [0, 0.1) is 6.92 Å². The van der Waals surface area contributed by atoms with Crippen LogP contribution < -0.4 is 15.0 Å². The summed E-state index contributed by atoms with van der Waals surface area (Å²) in [6, 6.07) is 3.82. The lowest BCUT2D eigenvalue weighted by molar-refractivity contribution is -0.133. The Labute approximate surface area is 193 Å². The summed E-state index contributed by atoms with van der Waals surface area (Å²) in [7, 11) is 3.92. The monoisotopic (exact) mass is 444 g/mol. The molecule has 1 saturated heterocycles. The molecule has 7 heteroatoms. The summed E-state index contributed by atoms with van der Waals surface area (Å²) in [6.45, 7) is 12.8. The van der Waals surface area contributed by atoms with E-state index in [0.717, 1.165) is 62.1 Å². The minimum Gasteiger partial charge on any atom is -0.481 e. The minimum atomic E-state index is -0.247. The van der Waals surface area contributed by atoms with Crippen LogP contribution in [-0.2, 0) is 16.1 Å². The fraction of sp³-hybridized carbons (Fsp3) is 0.600. The number of anilines is 1. The van der Waals surface area contributed by atoms with Gasteiger partial charge in [0.05, 0.1) is 5.69 Å². The second-order valence-electron chi connectivity index (χ2n) is 8.58. The van der Waals surface area contributed by atoms with Crippen LogP contribution in [0.4, 0.5) is 5.69 Å². The Balaban J connectivity index is 2.32. The van der Waals surface area contributed by atoms with Crippen LogP contribution in [0.25, 0.3) is 0 Å². The third-order valence-electron chi connectivity index (χ3n) is 5.87. The molecule has 0 bridgehead atoms. The van der Waals surface area contributed by atoms with E-state index >= 15 is 0 Å². The molecule has 1 aliphatic heterocycles. The van der Waals surface area contributed by atoms with Crippen LogP contribution in [0.15, 0.2) is 24.9 Å². The number of aryl methyl sites for hydroxylation is 1. The van der Waals surface area contributed by atoms with Gasteiger partial charge in [0.15, 0.2) is 6.61 Å². The van der Waals surface area contributed by atoms with Crippen molar-refractivity contribution in [1.82, 2.24) is 15.1 Å². The van der Waals surface area contributed by atoms with Crippen molar-refractivity contribution in [2.75, 3.05) is 45.2 Å². The third-order valence-corrected chi connectivity index (χ3v) is 5.87. The van der Waals surface area contributed by atoms with Crippen LogP contribution >= 0.6 is 0 Å². The quantitative estimate of drug-likeness (QED) is 0.536. The Kier molecular flexibility index (Phi) is 9.88. The minimum absolute atomic E-state index is 0.00176. The zero-order valence-corrected chi connectivity index (χ0v) is 20.4. The highest BCUT2D eigenvalue weighted by atomic mass is 16.5. The largest absolute Gasteiger partial charge is 0.481 e. The molecule has 0 radical (unpaired) electrons. The van der Waals surface area contributed by atoms with Gasteiger partial charge in [-0.25, -0.2) is 0 Å². The molecule has 1 atom stereocenters. The van der Waals surface area contributed by atoms with Gasteiger partial charge < -0.3 is 24.8 Å². The van der Waals surface area contributed by atoms with Gasteiger partial charge >= 0.3 is 0 Å². The van der Waals surface area contributed by atoms with Crippen LogP contribution in [0.3, 0.4) is 0 Å². The summed E-state index contributed by atoms with van der Waals surface area (Å²) < 4.78 is 6.21. The molecule has 1 aliphatic rings. The van der Waals surface area contributed by atoms with Crippen LogP contribution in [0.2, 0.25) is 0 Å². The lowest BCUT2D eigenvalue weighted by Crippen LogP contribution is -2.48. The number of rotatable bonds is 12. The third kappa shape index (κ3) is 6.40. The summed E-state index contributed by atoms with van der Waals surface area (Å²) in [4.78, 5) is 31.1. The van der Waals surface area contributed by atoms with E-state index in [9.17, 15) is 9.59 Å². The van der Waals surface area contributed by atoms with E-state index in [1.165, 1.54) is 0 Å². The first-order valence-corrected chi connectivity index (χ1v) is 11.7. The number of amides is 2. The van der Waals surface area contributed by atoms with Gasteiger partial charge in [0, 0.05) is 45.8 Å². The van der Waals surface area contributed by atoms with E-state index in [1.54, 1.807) is 6.20 Å². The van der Waals surface area contributed by atoms with Crippen molar-refractivity contribution in [3.63, 3.8) is 0 Å². The first kappa shape index (κ1) is 25.6.